The van der Waals surface area contributed by atoms with E-state index in [1.165, 1.54) is 11.1 Å². The van der Waals surface area contributed by atoms with Crippen LogP contribution >= 0.6 is 0 Å². The van der Waals surface area contributed by atoms with Crippen molar-refractivity contribution in [3.63, 3.8) is 0 Å². The molecular weight excluding hydrogens is 226 g/mol. The Morgan fingerprint density at radius 1 is 1.22 bits per heavy atom. The third kappa shape index (κ3) is 2.51. The molecule has 0 radical (unpaired) electrons. The molecule has 0 spiro atoms. The second-order valence-electron chi connectivity index (χ2n) is 4.65. The summed E-state index contributed by atoms with van der Waals surface area (Å²) in [5.41, 5.74) is 2.51. The highest BCUT2D eigenvalue weighted by molar-refractivity contribution is 5.35. The molecule has 98 valence electrons. The molecule has 0 saturated heterocycles. The first-order valence-corrected chi connectivity index (χ1v) is 6.45. The number of nitrogens with one attached hydrogen (secondary N) is 1. The van der Waals surface area contributed by atoms with Gasteiger partial charge in [0.2, 0.25) is 0 Å². The fraction of sp³-hybridized carbons (Fsp3) is 0.467. The summed E-state index contributed by atoms with van der Waals surface area (Å²) in [6.07, 6.45) is 2.57. The number of rotatable bonds is 5. The summed E-state index contributed by atoms with van der Waals surface area (Å²) >= 11 is 0. The standard InChI is InChI=1S/C15H21NO2/c1-5-16-14(9-13-7-6-8-17-13)15-10(2)11(3)18-12(15)4/h6-8,14,16H,5,9H2,1-4H3. The van der Waals surface area contributed by atoms with Crippen molar-refractivity contribution in [2.24, 2.45) is 0 Å². The predicted molar refractivity (Wildman–Crippen MR) is 71.7 cm³/mol. The van der Waals surface area contributed by atoms with Gasteiger partial charge in [-0.25, -0.2) is 0 Å². The van der Waals surface area contributed by atoms with Crippen molar-refractivity contribution in [3.05, 3.63) is 46.8 Å². The van der Waals surface area contributed by atoms with Crippen molar-refractivity contribution < 1.29 is 8.83 Å². The third-order valence-electron chi connectivity index (χ3n) is 3.40. The first-order chi connectivity index (χ1) is 8.63. The summed E-state index contributed by atoms with van der Waals surface area (Å²) in [5, 5.41) is 3.51. The zero-order valence-electron chi connectivity index (χ0n) is 11.5. The van der Waals surface area contributed by atoms with E-state index in [4.69, 9.17) is 8.83 Å². The summed E-state index contributed by atoms with van der Waals surface area (Å²) in [7, 11) is 0. The fourth-order valence-electron chi connectivity index (χ4n) is 2.47. The molecule has 2 rings (SSSR count). The molecule has 2 heterocycles. The van der Waals surface area contributed by atoms with E-state index in [9.17, 15) is 0 Å². The average molecular weight is 247 g/mol. The van der Waals surface area contributed by atoms with Gasteiger partial charge in [-0.1, -0.05) is 6.92 Å². The van der Waals surface area contributed by atoms with E-state index in [-0.39, 0.29) is 6.04 Å². The molecule has 0 aliphatic heterocycles. The lowest BCUT2D eigenvalue weighted by molar-refractivity contribution is 0.445. The number of hydrogen-bond acceptors (Lipinski definition) is 3. The minimum Gasteiger partial charge on any atom is -0.469 e. The zero-order chi connectivity index (χ0) is 13.1. The highest BCUT2D eigenvalue weighted by Crippen LogP contribution is 2.29. The van der Waals surface area contributed by atoms with Gasteiger partial charge >= 0.3 is 0 Å². The number of aryl methyl sites for hydroxylation is 2. The second-order valence-corrected chi connectivity index (χ2v) is 4.65. The normalized spacial score (nSPS) is 12.9. The molecule has 3 nitrogen and oxygen atoms in total. The first kappa shape index (κ1) is 13.0. The van der Waals surface area contributed by atoms with Crippen molar-refractivity contribution in [1.29, 1.82) is 0 Å². The van der Waals surface area contributed by atoms with E-state index in [2.05, 4.69) is 19.2 Å². The van der Waals surface area contributed by atoms with Gasteiger partial charge < -0.3 is 14.2 Å². The van der Waals surface area contributed by atoms with Crippen LogP contribution in [0.5, 0.6) is 0 Å². The van der Waals surface area contributed by atoms with E-state index in [1.807, 2.05) is 26.0 Å². The van der Waals surface area contributed by atoms with Crippen LogP contribution in [0, 0.1) is 20.8 Å². The maximum atomic E-state index is 5.72. The van der Waals surface area contributed by atoms with Crippen LogP contribution in [-0.2, 0) is 6.42 Å². The van der Waals surface area contributed by atoms with E-state index in [0.29, 0.717) is 0 Å². The van der Waals surface area contributed by atoms with Crippen LogP contribution in [0.25, 0.3) is 0 Å². The largest absolute Gasteiger partial charge is 0.469 e. The molecule has 0 aromatic carbocycles. The molecule has 1 atom stereocenters. The predicted octanol–water partition coefficient (Wildman–Crippen LogP) is 3.69. The van der Waals surface area contributed by atoms with E-state index >= 15 is 0 Å². The van der Waals surface area contributed by atoms with E-state index in [1.54, 1.807) is 6.26 Å². The third-order valence-corrected chi connectivity index (χ3v) is 3.40. The van der Waals surface area contributed by atoms with Crippen LogP contribution in [0.3, 0.4) is 0 Å². The minimum absolute atomic E-state index is 0.249. The van der Waals surface area contributed by atoms with Gasteiger partial charge in [0.25, 0.3) is 0 Å². The van der Waals surface area contributed by atoms with Gasteiger partial charge in [0.15, 0.2) is 0 Å². The second kappa shape index (κ2) is 5.44. The SMILES string of the molecule is CCNC(Cc1ccco1)c1c(C)oc(C)c1C. The fourth-order valence-corrected chi connectivity index (χ4v) is 2.47. The van der Waals surface area contributed by atoms with Crippen molar-refractivity contribution >= 4 is 0 Å². The van der Waals surface area contributed by atoms with Crippen LogP contribution in [0.4, 0.5) is 0 Å². The maximum absolute atomic E-state index is 5.72. The van der Waals surface area contributed by atoms with Crippen LogP contribution in [-0.4, -0.2) is 6.54 Å². The Balaban J connectivity index is 2.29. The zero-order valence-corrected chi connectivity index (χ0v) is 11.5. The molecule has 2 aromatic heterocycles. The van der Waals surface area contributed by atoms with Gasteiger partial charge in [-0.3, -0.25) is 0 Å². The van der Waals surface area contributed by atoms with E-state index in [0.717, 1.165) is 30.2 Å². The van der Waals surface area contributed by atoms with Crippen LogP contribution in [0.1, 0.15) is 41.4 Å². The summed E-state index contributed by atoms with van der Waals surface area (Å²) in [5.74, 6) is 3.01. The Labute approximate surface area is 108 Å². The molecule has 0 fully saturated rings. The number of hydrogen-bond donors (Lipinski definition) is 1. The Morgan fingerprint density at radius 3 is 2.50 bits per heavy atom. The Hall–Kier alpha value is -1.48. The van der Waals surface area contributed by atoms with Crippen molar-refractivity contribution in [2.45, 2.75) is 40.2 Å². The molecule has 18 heavy (non-hydrogen) atoms. The maximum Gasteiger partial charge on any atom is 0.106 e. The summed E-state index contributed by atoms with van der Waals surface area (Å²) in [6, 6.07) is 4.19. The quantitative estimate of drug-likeness (QED) is 0.875. The van der Waals surface area contributed by atoms with Gasteiger partial charge in [-0.05, 0) is 45.0 Å². The molecular formula is C15H21NO2. The molecule has 0 aliphatic rings. The molecule has 1 unspecified atom stereocenters. The van der Waals surface area contributed by atoms with Gasteiger partial charge in [-0.15, -0.1) is 0 Å². The van der Waals surface area contributed by atoms with Gasteiger partial charge in [0.1, 0.15) is 17.3 Å². The van der Waals surface area contributed by atoms with Gasteiger partial charge in [0, 0.05) is 18.0 Å². The van der Waals surface area contributed by atoms with Crippen LogP contribution in [0.2, 0.25) is 0 Å². The molecule has 0 bridgehead atoms. The number of likely N-dealkylation sites (N-methyl/N-ethyl adjacent to an activating group) is 1. The van der Waals surface area contributed by atoms with Crippen LogP contribution < -0.4 is 5.32 Å². The van der Waals surface area contributed by atoms with Crippen molar-refractivity contribution in [3.8, 4) is 0 Å². The molecule has 0 amide bonds. The monoisotopic (exact) mass is 247 g/mol. The Kier molecular flexibility index (Phi) is 3.92. The molecule has 1 N–H and O–H groups in total. The number of furan rings is 2. The summed E-state index contributed by atoms with van der Waals surface area (Å²) in [6.45, 7) is 9.21. The van der Waals surface area contributed by atoms with Crippen molar-refractivity contribution in [2.75, 3.05) is 6.54 Å². The van der Waals surface area contributed by atoms with Gasteiger partial charge in [0.05, 0.1) is 6.26 Å². The molecule has 3 heteroatoms. The Bertz CT molecular complexity index is 497. The highest BCUT2D eigenvalue weighted by atomic mass is 16.3. The van der Waals surface area contributed by atoms with Crippen molar-refractivity contribution in [1.82, 2.24) is 5.32 Å². The van der Waals surface area contributed by atoms with Gasteiger partial charge in [-0.2, -0.15) is 0 Å². The lowest BCUT2D eigenvalue weighted by Crippen LogP contribution is -2.23. The summed E-state index contributed by atoms with van der Waals surface area (Å²) in [4.78, 5) is 0. The molecule has 0 saturated carbocycles. The summed E-state index contributed by atoms with van der Waals surface area (Å²) < 4.78 is 11.2. The highest BCUT2D eigenvalue weighted by Gasteiger charge is 2.21. The Morgan fingerprint density at radius 2 is 2.00 bits per heavy atom. The lowest BCUT2D eigenvalue weighted by Gasteiger charge is -2.17. The van der Waals surface area contributed by atoms with Crippen LogP contribution in [0.15, 0.2) is 27.2 Å². The topological polar surface area (TPSA) is 38.3 Å². The first-order valence-electron chi connectivity index (χ1n) is 6.45. The average Bonchev–Trinajstić information content (AvgIpc) is 2.89. The van der Waals surface area contributed by atoms with E-state index < -0.39 is 0 Å². The lowest BCUT2D eigenvalue weighted by atomic mass is 9.98. The minimum atomic E-state index is 0.249. The molecule has 2 aromatic rings. The molecule has 0 aliphatic carbocycles. The smallest absolute Gasteiger partial charge is 0.106 e.